The van der Waals surface area contributed by atoms with Crippen molar-refractivity contribution in [2.45, 2.75) is 32.2 Å². The Morgan fingerprint density at radius 3 is 2.58 bits per heavy atom. The third kappa shape index (κ3) is 4.13. The maximum Gasteiger partial charge on any atom is 0.281 e. The quantitative estimate of drug-likeness (QED) is 0.520. The molecule has 1 N–H and O–H groups in total. The van der Waals surface area contributed by atoms with Gasteiger partial charge in [-0.25, -0.2) is 14.1 Å². The molecule has 5 rings (SSSR count). The van der Waals surface area contributed by atoms with Crippen LogP contribution in [0.4, 0.5) is 4.39 Å². The number of nitrogens with one attached hydrogen (secondary N) is 1. The number of H-pyrrole nitrogens is 1. The molecule has 0 aliphatic carbocycles. The van der Waals surface area contributed by atoms with Gasteiger partial charge in [-0.05, 0) is 49.1 Å². The molecule has 0 spiro atoms. The number of aromatic nitrogens is 5. The Morgan fingerprint density at radius 2 is 1.85 bits per heavy atom. The van der Waals surface area contributed by atoms with E-state index >= 15 is 0 Å². The highest BCUT2D eigenvalue weighted by molar-refractivity contribution is 5.95. The van der Waals surface area contributed by atoms with Crippen LogP contribution < -0.4 is 5.56 Å². The van der Waals surface area contributed by atoms with Gasteiger partial charge in [0, 0.05) is 24.6 Å². The lowest BCUT2D eigenvalue weighted by atomic mass is 9.95. The molecule has 1 amide bonds. The van der Waals surface area contributed by atoms with Crippen LogP contribution in [0.3, 0.4) is 0 Å². The van der Waals surface area contributed by atoms with Crippen LogP contribution in [0.25, 0.3) is 11.2 Å². The van der Waals surface area contributed by atoms with E-state index in [2.05, 4.69) is 20.3 Å². The average molecular weight is 446 g/mol. The number of amides is 1. The second-order valence-corrected chi connectivity index (χ2v) is 8.38. The predicted octanol–water partition coefficient (Wildman–Crippen LogP) is 3.03. The Labute approximate surface area is 189 Å². The van der Waals surface area contributed by atoms with Gasteiger partial charge in [0.15, 0.2) is 11.2 Å². The number of halogens is 1. The highest BCUT2D eigenvalue weighted by atomic mass is 19.1. The number of hydrogen-bond acceptors (Lipinski definition) is 5. The first-order valence-electron chi connectivity index (χ1n) is 10.9. The van der Waals surface area contributed by atoms with Gasteiger partial charge in [-0.2, -0.15) is 0 Å². The van der Waals surface area contributed by atoms with Gasteiger partial charge in [-0.3, -0.25) is 9.59 Å². The van der Waals surface area contributed by atoms with Crippen LogP contribution in [-0.4, -0.2) is 48.9 Å². The number of likely N-dealkylation sites (tertiary alicyclic amines) is 1. The fourth-order valence-corrected chi connectivity index (χ4v) is 4.29. The second-order valence-electron chi connectivity index (χ2n) is 8.38. The molecule has 2 aromatic carbocycles. The second kappa shape index (κ2) is 8.57. The summed E-state index contributed by atoms with van der Waals surface area (Å²) < 4.78 is 14.8. The van der Waals surface area contributed by atoms with Gasteiger partial charge in [-0.15, -0.1) is 5.10 Å². The Morgan fingerprint density at radius 1 is 1.12 bits per heavy atom. The molecule has 3 heterocycles. The molecule has 0 radical (unpaired) electrons. The fourth-order valence-electron chi connectivity index (χ4n) is 4.29. The molecule has 0 atom stereocenters. The minimum atomic E-state index is -0.334. The number of carbonyl (C=O) groups is 1. The number of aromatic amines is 1. The smallest absolute Gasteiger partial charge is 0.281 e. The van der Waals surface area contributed by atoms with Gasteiger partial charge in [0.05, 0.1) is 6.54 Å². The molecule has 0 unspecified atom stereocenters. The van der Waals surface area contributed by atoms with Crippen molar-refractivity contribution in [3.63, 3.8) is 0 Å². The molecule has 1 aliphatic rings. The van der Waals surface area contributed by atoms with Gasteiger partial charge in [0.1, 0.15) is 11.6 Å². The van der Waals surface area contributed by atoms with Crippen LogP contribution in [0.2, 0.25) is 0 Å². The third-order valence-corrected chi connectivity index (χ3v) is 6.18. The van der Waals surface area contributed by atoms with Crippen molar-refractivity contribution < 1.29 is 9.18 Å². The van der Waals surface area contributed by atoms with Crippen molar-refractivity contribution in [3.8, 4) is 0 Å². The number of rotatable bonds is 4. The zero-order chi connectivity index (χ0) is 22.9. The first-order chi connectivity index (χ1) is 16.0. The van der Waals surface area contributed by atoms with Crippen molar-refractivity contribution in [2.24, 2.45) is 0 Å². The van der Waals surface area contributed by atoms with Gasteiger partial charge in [0.25, 0.3) is 11.5 Å². The number of hydrogen-bond donors (Lipinski definition) is 1. The third-order valence-electron chi connectivity index (χ3n) is 6.18. The summed E-state index contributed by atoms with van der Waals surface area (Å²) in [4.78, 5) is 34.9. The number of nitrogens with zero attached hydrogens (tertiary/aromatic N) is 5. The van der Waals surface area contributed by atoms with Gasteiger partial charge in [0.2, 0.25) is 0 Å². The van der Waals surface area contributed by atoms with E-state index < -0.39 is 0 Å². The molecule has 1 saturated heterocycles. The zero-order valence-corrected chi connectivity index (χ0v) is 18.2. The summed E-state index contributed by atoms with van der Waals surface area (Å²) >= 11 is 0. The monoisotopic (exact) mass is 446 g/mol. The molecule has 4 aromatic rings. The van der Waals surface area contributed by atoms with Gasteiger partial charge in [-0.1, -0.05) is 35.5 Å². The summed E-state index contributed by atoms with van der Waals surface area (Å²) in [5.41, 5.74) is 2.75. The van der Waals surface area contributed by atoms with E-state index in [1.807, 2.05) is 36.1 Å². The van der Waals surface area contributed by atoms with Crippen molar-refractivity contribution in [1.82, 2.24) is 29.9 Å². The van der Waals surface area contributed by atoms with Crippen LogP contribution in [0, 0.1) is 12.7 Å². The summed E-state index contributed by atoms with van der Waals surface area (Å²) in [5, 5.41) is 8.05. The SMILES string of the molecule is Cc1ccccc1C(=O)N1CCC(c2nc3c(nnn3Cc3ccc(F)cc3)c(=O)[nH]2)CC1. The van der Waals surface area contributed by atoms with Crippen molar-refractivity contribution in [3.05, 3.63) is 87.2 Å². The molecule has 0 bridgehead atoms. The Hall–Kier alpha value is -3.88. The van der Waals surface area contributed by atoms with Gasteiger partial charge >= 0.3 is 0 Å². The summed E-state index contributed by atoms with van der Waals surface area (Å²) in [5.74, 6) is 0.326. The van der Waals surface area contributed by atoms with Crippen molar-refractivity contribution in [2.75, 3.05) is 13.1 Å². The summed E-state index contributed by atoms with van der Waals surface area (Å²) in [7, 11) is 0. The zero-order valence-electron chi connectivity index (χ0n) is 18.2. The Kier molecular flexibility index (Phi) is 5.45. The molecule has 168 valence electrons. The minimum Gasteiger partial charge on any atom is -0.339 e. The molecular formula is C24H23FN6O2. The molecule has 33 heavy (non-hydrogen) atoms. The number of fused-ring (bicyclic) bond motifs is 1. The van der Waals surface area contributed by atoms with E-state index in [1.54, 1.807) is 16.8 Å². The van der Waals surface area contributed by atoms with Crippen LogP contribution in [0.5, 0.6) is 0 Å². The minimum absolute atomic E-state index is 0.0252. The molecule has 2 aromatic heterocycles. The van der Waals surface area contributed by atoms with E-state index in [-0.39, 0.29) is 28.7 Å². The number of carbonyl (C=O) groups excluding carboxylic acids is 1. The number of aryl methyl sites for hydroxylation is 1. The van der Waals surface area contributed by atoms with E-state index in [9.17, 15) is 14.0 Å². The highest BCUT2D eigenvalue weighted by Crippen LogP contribution is 2.27. The maximum absolute atomic E-state index is 13.2. The van der Waals surface area contributed by atoms with E-state index in [4.69, 9.17) is 0 Å². The normalized spacial score (nSPS) is 14.7. The first-order valence-corrected chi connectivity index (χ1v) is 10.9. The van der Waals surface area contributed by atoms with Crippen LogP contribution in [0.1, 0.15) is 46.1 Å². The maximum atomic E-state index is 13.2. The summed E-state index contributed by atoms with van der Waals surface area (Å²) in [6.07, 6.45) is 1.40. The summed E-state index contributed by atoms with van der Waals surface area (Å²) in [6, 6.07) is 13.7. The van der Waals surface area contributed by atoms with E-state index in [1.165, 1.54) is 12.1 Å². The highest BCUT2D eigenvalue weighted by Gasteiger charge is 2.27. The van der Waals surface area contributed by atoms with Crippen molar-refractivity contribution >= 4 is 17.1 Å². The standard InChI is InChI=1S/C24H23FN6O2/c1-15-4-2-3-5-19(15)24(33)30-12-10-17(11-13-30)21-26-22-20(23(32)27-21)28-29-31(22)14-16-6-8-18(25)9-7-16/h2-9,17H,10-14H2,1H3,(H,26,27,32). The van der Waals surface area contributed by atoms with Gasteiger partial charge < -0.3 is 9.88 Å². The lowest BCUT2D eigenvalue weighted by Crippen LogP contribution is -2.38. The van der Waals surface area contributed by atoms with Crippen LogP contribution in [-0.2, 0) is 6.54 Å². The average Bonchev–Trinajstić information content (AvgIpc) is 3.24. The van der Waals surface area contributed by atoms with E-state index in [0.29, 0.717) is 43.9 Å². The topological polar surface area (TPSA) is 96.8 Å². The lowest BCUT2D eigenvalue weighted by Gasteiger charge is -2.31. The molecule has 1 fully saturated rings. The predicted molar refractivity (Wildman–Crippen MR) is 121 cm³/mol. The van der Waals surface area contributed by atoms with Crippen LogP contribution >= 0.6 is 0 Å². The molecule has 1 aliphatic heterocycles. The lowest BCUT2D eigenvalue weighted by molar-refractivity contribution is 0.0710. The number of piperidine rings is 1. The molecule has 0 saturated carbocycles. The summed E-state index contributed by atoms with van der Waals surface area (Å²) in [6.45, 7) is 3.45. The molecule has 9 heteroatoms. The first kappa shape index (κ1) is 21.0. The van der Waals surface area contributed by atoms with Crippen molar-refractivity contribution in [1.29, 1.82) is 0 Å². The number of benzene rings is 2. The Bertz CT molecular complexity index is 1370. The molecular weight excluding hydrogens is 423 g/mol. The molecule has 8 nitrogen and oxygen atoms in total. The van der Waals surface area contributed by atoms with Crippen LogP contribution in [0.15, 0.2) is 53.3 Å². The largest absolute Gasteiger partial charge is 0.339 e. The Balaban J connectivity index is 1.35. The van der Waals surface area contributed by atoms with E-state index in [0.717, 1.165) is 16.7 Å². The fraction of sp³-hybridized carbons (Fsp3) is 0.292.